The summed E-state index contributed by atoms with van der Waals surface area (Å²) >= 11 is 0. The average Bonchev–Trinajstić information content (AvgIpc) is 3.38. The molecule has 2 unspecified atom stereocenters. The Balaban J connectivity index is 1.47. The van der Waals surface area contributed by atoms with Gasteiger partial charge in [-0.15, -0.1) is 0 Å². The lowest BCUT2D eigenvalue weighted by molar-refractivity contribution is -0.124. The van der Waals surface area contributed by atoms with Crippen LogP contribution in [0.4, 0.5) is 0 Å². The number of nitrogens with zero attached hydrogens (tertiary/aromatic N) is 3. The first-order valence-electron chi connectivity index (χ1n) is 9.72. The number of carbonyl (C=O) groups is 1. The summed E-state index contributed by atoms with van der Waals surface area (Å²) < 4.78 is 1.94. The Morgan fingerprint density at radius 3 is 2.56 bits per heavy atom. The predicted molar refractivity (Wildman–Crippen MR) is 107 cm³/mol. The highest BCUT2D eigenvalue weighted by Crippen LogP contribution is 2.25. The largest absolute Gasteiger partial charge is 0.352 e. The van der Waals surface area contributed by atoms with E-state index >= 15 is 0 Å². The van der Waals surface area contributed by atoms with E-state index in [1.807, 2.05) is 41.8 Å². The fourth-order valence-corrected chi connectivity index (χ4v) is 3.94. The normalized spacial score (nSPS) is 17.1. The second kappa shape index (κ2) is 7.92. The van der Waals surface area contributed by atoms with Crippen LogP contribution in [-0.2, 0) is 4.79 Å². The summed E-state index contributed by atoms with van der Waals surface area (Å²) in [5.74, 6) is 0.0262. The van der Waals surface area contributed by atoms with E-state index in [-0.39, 0.29) is 18.0 Å². The maximum Gasteiger partial charge on any atom is 0.242 e. The van der Waals surface area contributed by atoms with Gasteiger partial charge in [-0.25, -0.2) is 4.98 Å². The highest BCUT2D eigenvalue weighted by Gasteiger charge is 2.25. The van der Waals surface area contributed by atoms with E-state index in [1.54, 1.807) is 6.33 Å². The zero-order valence-corrected chi connectivity index (χ0v) is 15.7. The molecular weight excluding hydrogens is 336 g/mol. The summed E-state index contributed by atoms with van der Waals surface area (Å²) in [6.07, 6.45) is 4.22. The van der Waals surface area contributed by atoms with Crippen molar-refractivity contribution in [1.82, 2.24) is 19.8 Å². The lowest BCUT2D eigenvalue weighted by atomic mass is 10.1. The van der Waals surface area contributed by atoms with Crippen molar-refractivity contribution in [3.8, 4) is 0 Å². The number of likely N-dealkylation sites (tertiary alicyclic amines) is 1. The summed E-state index contributed by atoms with van der Waals surface area (Å²) in [5, 5.41) is 3.18. The first-order chi connectivity index (χ1) is 13.2. The van der Waals surface area contributed by atoms with E-state index in [4.69, 9.17) is 0 Å². The molecule has 1 aliphatic heterocycles. The highest BCUT2D eigenvalue weighted by atomic mass is 16.2. The van der Waals surface area contributed by atoms with Gasteiger partial charge in [-0.05, 0) is 50.6 Å². The van der Waals surface area contributed by atoms with Crippen molar-refractivity contribution < 1.29 is 4.79 Å². The molecule has 1 fully saturated rings. The number of rotatable bonds is 6. The van der Waals surface area contributed by atoms with Gasteiger partial charge >= 0.3 is 0 Å². The summed E-state index contributed by atoms with van der Waals surface area (Å²) in [5.41, 5.74) is 3.16. The van der Waals surface area contributed by atoms with Gasteiger partial charge in [0.05, 0.1) is 23.4 Å². The lowest BCUT2D eigenvalue weighted by Crippen LogP contribution is -2.39. The van der Waals surface area contributed by atoms with Crippen LogP contribution in [0.1, 0.15) is 37.4 Å². The molecule has 3 aromatic rings. The lowest BCUT2D eigenvalue weighted by Gasteiger charge is -2.28. The van der Waals surface area contributed by atoms with Gasteiger partial charge in [-0.2, -0.15) is 0 Å². The second-order valence-electron chi connectivity index (χ2n) is 7.23. The van der Waals surface area contributed by atoms with Gasteiger partial charge < -0.3 is 9.88 Å². The molecule has 0 radical (unpaired) electrons. The molecule has 0 saturated carbocycles. The number of fused-ring (bicyclic) bond motifs is 1. The van der Waals surface area contributed by atoms with Gasteiger partial charge in [0.2, 0.25) is 5.91 Å². The van der Waals surface area contributed by atoms with Gasteiger partial charge in [-0.3, -0.25) is 9.69 Å². The first kappa shape index (κ1) is 17.7. The van der Waals surface area contributed by atoms with Crippen LogP contribution in [0.5, 0.6) is 0 Å². The van der Waals surface area contributed by atoms with Gasteiger partial charge in [0, 0.05) is 6.54 Å². The summed E-state index contributed by atoms with van der Waals surface area (Å²) in [6, 6.07) is 18.3. The smallest absolute Gasteiger partial charge is 0.242 e. The number of benzene rings is 2. The summed E-state index contributed by atoms with van der Waals surface area (Å²) in [7, 11) is 0. The molecular formula is C22H26N4O. The molecule has 2 heterocycles. The molecule has 1 aliphatic rings. The topological polar surface area (TPSA) is 50.2 Å². The van der Waals surface area contributed by atoms with E-state index in [0.29, 0.717) is 6.54 Å². The third-order valence-electron chi connectivity index (χ3n) is 5.51. The third-order valence-corrected chi connectivity index (χ3v) is 5.51. The Bertz CT molecular complexity index is 899. The Kier molecular flexibility index (Phi) is 5.21. The molecule has 1 N–H and O–H groups in total. The highest BCUT2D eigenvalue weighted by molar-refractivity contribution is 5.83. The molecule has 1 aromatic heterocycles. The standard InChI is InChI=1S/C22H26N4O/c1-17(26-16-24-19-11-5-6-12-20(19)26)22(27)23-15-21(25-13-7-8-14-25)18-9-3-2-4-10-18/h2-6,9-12,16-17,21H,7-8,13-15H2,1H3,(H,23,27). The van der Waals surface area contributed by atoms with Crippen LogP contribution in [0, 0.1) is 0 Å². The molecule has 1 amide bonds. The van der Waals surface area contributed by atoms with E-state index < -0.39 is 0 Å². The average molecular weight is 362 g/mol. The van der Waals surface area contributed by atoms with Crippen LogP contribution in [0.25, 0.3) is 11.0 Å². The van der Waals surface area contributed by atoms with E-state index in [1.165, 1.54) is 18.4 Å². The minimum absolute atomic E-state index is 0.0262. The number of carbonyl (C=O) groups excluding carboxylic acids is 1. The van der Waals surface area contributed by atoms with Crippen LogP contribution in [0.2, 0.25) is 0 Å². The molecule has 0 aliphatic carbocycles. The molecule has 1 saturated heterocycles. The molecule has 5 heteroatoms. The molecule has 0 spiro atoms. The number of nitrogens with one attached hydrogen (secondary N) is 1. The summed E-state index contributed by atoms with van der Waals surface area (Å²) in [4.78, 5) is 19.7. The molecule has 0 bridgehead atoms. The van der Waals surface area contributed by atoms with Crippen LogP contribution in [-0.4, -0.2) is 40.0 Å². The number of hydrogen-bond donors (Lipinski definition) is 1. The van der Waals surface area contributed by atoms with Gasteiger partial charge in [0.15, 0.2) is 0 Å². The van der Waals surface area contributed by atoms with Gasteiger partial charge in [-0.1, -0.05) is 42.5 Å². The van der Waals surface area contributed by atoms with Crippen molar-refractivity contribution in [2.45, 2.75) is 31.8 Å². The van der Waals surface area contributed by atoms with Gasteiger partial charge in [0.1, 0.15) is 6.04 Å². The zero-order chi connectivity index (χ0) is 18.6. The zero-order valence-electron chi connectivity index (χ0n) is 15.7. The minimum Gasteiger partial charge on any atom is -0.352 e. The number of amides is 1. The molecule has 140 valence electrons. The van der Waals surface area contributed by atoms with Gasteiger partial charge in [0.25, 0.3) is 0 Å². The number of para-hydroxylation sites is 2. The Labute approximate surface area is 160 Å². The van der Waals surface area contributed by atoms with Crippen LogP contribution >= 0.6 is 0 Å². The Morgan fingerprint density at radius 1 is 1.07 bits per heavy atom. The van der Waals surface area contributed by atoms with Crippen LogP contribution in [0.3, 0.4) is 0 Å². The second-order valence-corrected chi connectivity index (χ2v) is 7.23. The molecule has 5 nitrogen and oxygen atoms in total. The van der Waals surface area contributed by atoms with Crippen LogP contribution in [0.15, 0.2) is 60.9 Å². The molecule has 27 heavy (non-hydrogen) atoms. The molecule has 2 atom stereocenters. The minimum atomic E-state index is -0.299. The third kappa shape index (κ3) is 3.74. The number of imidazole rings is 1. The fraction of sp³-hybridized carbons (Fsp3) is 0.364. The Hall–Kier alpha value is -2.66. The van der Waals surface area contributed by atoms with E-state index in [0.717, 1.165) is 24.1 Å². The summed E-state index contributed by atoms with van der Waals surface area (Å²) in [6.45, 7) is 4.74. The van der Waals surface area contributed by atoms with Crippen molar-refractivity contribution in [1.29, 1.82) is 0 Å². The van der Waals surface area contributed by atoms with Crippen molar-refractivity contribution >= 4 is 16.9 Å². The maximum absolute atomic E-state index is 12.9. The van der Waals surface area contributed by atoms with Crippen LogP contribution < -0.4 is 5.32 Å². The SMILES string of the molecule is CC(C(=O)NCC(c1ccccc1)N1CCCC1)n1cnc2ccccc21. The fourth-order valence-electron chi connectivity index (χ4n) is 3.94. The maximum atomic E-state index is 12.9. The predicted octanol–water partition coefficient (Wildman–Crippen LogP) is 3.55. The van der Waals surface area contributed by atoms with E-state index in [2.05, 4.69) is 39.5 Å². The quantitative estimate of drug-likeness (QED) is 0.730. The van der Waals surface area contributed by atoms with Crippen molar-refractivity contribution in [3.05, 3.63) is 66.5 Å². The first-order valence-corrected chi connectivity index (χ1v) is 9.72. The monoisotopic (exact) mass is 362 g/mol. The number of hydrogen-bond acceptors (Lipinski definition) is 3. The van der Waals surface area contributed by atoms with Crippen molar-refractivity contribution in [2.24, 2.45) is 0 Å². The molecule has 4 rings (SSSR count). The Morgan fingerprint density at radius 2 is 1.78 bits per heavy atom. The van der Waals surface area contributed by atoms with Crippen molar-refractivity contribution in [2.75, 3.05) is 19.6 Å². The van der Waals surface area contributed by atoms with Crippen molar-refractivity contribution in [3.63, 3.8) is 0 Å². The van der Waals surface area contributed by atoms with E-state index in [9.17, 15) is 4.79 Å². The molecule has 2 aromatic carbocycles. The number of aromatic nitrogens is 2.